The number of amides is 1. The molecule has 5 heteroatoms. The first-order valence-corrected chi connectivity index (χ1v) is 6.88. The van der Waals surface area contributed by atoms with E-state index in [2.05, 4.69) is 15.5 Å². The first-order valence-electron chi connectivity index (χ1n) is 6.88. The van der Waals surface area contributed by atoms with Gasteiger partial charge in [0.2, 0.25) is 5.91 Å². The van der Waals surface area contributed by atoms with E-state index in [1.807, 2.05) is 21.1 Å². The van der Waals surface area contributed by atoms with E-state index in [1.54, 1.807) is 0 Å². The van der Waals surface area contributed by atoms with Crippen molar-refractivity contribution in [1.82, 2.24) is 15.5 Å². The van der Waals surface area contributed by atoms with Crippen molar-refractivity contribution in [3.63, 3.8) is 0 Å². The highest BCUT2D eigenvalue weighted by Crippen LogP contribution is 2.27. The van der Waals surface area contributed by atoms with Crippen LogP contribution in [-0.4, -0.2) is 56.6 Å². The molecule has 0 heterocycles. The van der Waals surface area contributed by atoms with Gasteiger partial charge in [-0.05, 0) is 59.8 Å². The van der Waals surface area contributed by atoms with Crippen molar-refractivity contribution in [1.29, 1.82) is 0 Å². The van der Waals surface area contributed by atoms with Crippen molar-refractivity contribution < 1.29 is 4.79 Å². The molecule has 1 aliphatic carbocycles. The van der Waals surface area contributed by atoms with Crippen LogP contribution >= 0.6 is 0 Å². The molecule has 5 nitrogen and oxygen atoms in total. The van der Waals surface area contributed by atoms with E-state index in [9.17, 15) is 4.79 Å². The fourth-order valence-corrected chi connectivity index (χ4v) is 2.49. The molecular formula is C13H28N4O. The second-order valence-corrected chi connectivity index (χ2v) is 5.58. The number of nitrogens with one attached hydrogen (secondary N) is 2. The molecule has 1 amide bonds. The lowest BCUT2D eigenvalue weighted by atomic mass is 9.79. The first kappa shape index (κ1) is 15.4. The van der Waals surface area contributed by atoms with Crippen LogP contribution in [-0.2, 0) is 4.79 Å². The van der Waals surface area contributed by atoms with Crippen molar-refractivity contribution in [2.75, 3.05) is 34.2 Å². The van der Waals surface area contributed by atoms with Crippen molar-refractivity contribution in [3.8, 4) is 0 Å². The molecule has 0 saturated heterocycles. The van der Waals surface area contributed by atoms with Gasteiger partial charge in [0.1, 0.15) is 0 Å². The standard InChI is InChI=1S/C13H28N4O/c1-15-13(7-5-11(14)6-8-13)12(18)16-9-4-10-17(2)3/h11,15H,4-10,14H2,1-3H3,(H,16,18). The largest absolute Gasteiger partial charge is 0.354 e. The zero-order valence-electron chi connectivity index (χ0n) is 12.0. The summed E-state index contributed by atoms with van der Waals surface area (Å²) < 4.78 is 0. The Morgan fingerprint density at radius 1 is 1.39 bits per heavy atom. The van der Waals surface area contributed by atoms with Gasteiger partial charge in [0.15, 0.2) is 0 Å². The van der Waals surface area contributed by atoms with Crippen molar-refractivity contribution in [2.45, 2.75) is 43.7 Å². The monoisotopic (exact) mass is 256 g/mol. The van der Waals surface area contributed by atoms with E-state index in [1.165, 1.54) is 0 Å². The molecule has 4 N–H and O–H groups in total. The average molecular weight is 256 g/mol. The molecule has 0 aromatic heterocycles. The predicted molar refractivity (Wildman–Crippen MR) is 74.4 cm³/mol. The van der Waals surface area contributed by atoms with Gasteiger partial charge < -0.3 is 21.3 Å². The quantitative estimate of drug-likeness (QED) is 0.581. The number of hydrogen-bond donors (Lipinski definition) is 3. The third-order valence-electron chi connectivity index (χ3n) is 3.86. The minimum Gasteiger partial charge on any atom is -0.354 e. The van der Waals surface area contributed by atoms with E-state index in [-0.39, 0.29) is 11.9 Å². The molecule has 0 atom stereocenters. The minimum atomic E-state index is -0.395. The summed E-state index contributed by atoms with van der Waals surface area (Å²) >= 11 is 0. The molecule has 0 aliphatic heterocycles. The van der Waals surface area contributed by atoms with E-state index in [0.29, 0.717) is 0 Å². The van der Waals surface area contributed by atoms with E-state index in [0.717, 1.165) is 45.2 Å². The lowest BCUT2D eigenvalue weighted by Crippen LogP contribution is -2.58. The third kappa shape index (κ3) is 4.23. The highest BCUT2D eigenvalue weighted by Gasteiger charge is 2.39. The fourth-order valence-electron chi connectivity index (χ4n) is 2.49. The Morgan fingerprint density at radius 2 is 2.00 bits per heavy atom. The number of carbonyl (C=O) groups is 1. The lowest BCUT2D eigenvalue weighted by Gasteiger charge is -2.37. The van der Waals surface area contributed by atoms with E-state index < -0.39 is 5.54 Å². The Morgan fingerprint density at radius 3 is 2.50 bits per heavy atom. The Kier molecular flexibility index (Phi) is 6.05. The molecule has 1 fully saturated rings. The number of nitrogens with zero attached hydrogens (tertiary/aromatic N) is 1. The van der Waals surface area contributed by atoms with Gasteiger partial charge in [0, 0.05) is 12.6 Å². The molecule has 0 aromatic rings. The molecule has 1 rings (SSSR count). The molecular weight excluding hydrogens is 228 g/mol. The summed E-state index contributed by atoms with van der Waals surface area (Å²) in [6.07, 6.45) is 4.50. The van der Waals surface area contributed by atoms with Gasteiger partial charge in [0.25, 0.3) is 0 Å². The van der Waals surface area contributed by atoms with Gasteiger partial charge in [-0.15, -0.1) is 0 Å². The van der Waals surface area contributed by atoms with Crippen LogP contribution in [0.2, 0.25) is 0 Å². The predicted octanol–water partition coefficient (Wildman–Crippen LogP) is -0.0862. The normalized spacial score (nSPS) is 28.4. The number of hydrogen-bond acceptors (Lipinski definition) is 4. The van der Waals surface area contributed by atoms with Crippen LogP contribution in [0.1, 0.15) is 32.1 Å². The van der Waals surface area contributed by atoms with E-state index in [4.69, 9.17) is 5.73 Å². The van der Waals surface area contributed by atoms with Crippen molar-refractivity contribution in [2.24, 2.45) is 5.73 Å². The number of carbonyl (C=O) groups excluding carboxylic acids is 1. The zero-order valence-corrected chi connectivity index (χ0v) is 12.0. The molecule has 0 radical (unpaired) electrons. The smallest absolute Gasteiger partial charge is 0.240 e. The van der Waals surface area contributed by atoms with Crippen LogP contribution in [0, 0.1) is 0 Å². The minimum absolute atomic E-state index is 0.135. The second-order valence-electron chi connectivity index (χ2n) is 5.58. The molecule has 0 unspecified atom stereocenters. The molecule has 1 aliphatic rings. The SMILES string of the molecule is CNC1(C(=O)NCCCN(C)C)CCC(N)CC1. The fraction of sp³-hybridized carbons (Fsp3) is 0.923. The summed E-state index contributed by atoms with van der Waals surface area (Å²) in [7, 11) is 5.95. The molecule has 106 valence electrons. The van der Waals surface area contributed by atoms with Crippen LogP contribution in [0.3, 0.4) is 0 Å². The van der Waals surface area contributed by atoms with Crippen LogP contribution in [0.15, 0.2) is 0 Å². The van der Waals surface area contributed by atoms with Crippen molar-refractivity contribution >= 4 is 5.91 Å². The number of nitrogens with two attached hydrogens (primary N) is 1. The summed E-state index contributed by atoms with van der Waals surface area (Å²) in [5.41, 5.74) is 5.51. The highest BCUT2D eigenvalue weighted by molar-refractivity contribution is 5.86. The topological polar surface area (TPSA) is 70.4 Å². The maximum absolute atomic E-state index is 12.3. The Balaban J connectivity index is 2.37. The maximum Gasteiger partial charge on any atom is 0.240 e. The Bertz CT molecular complexity index is 260. The van der Waals surface area contributed by atoms with Crippen LogP contribution < -0.4 is 16.4 Å². The summed E-state index contributed by atoms with van der Waals surface area (Å²) in [4.78, 5) is 14.4. The Labute approximate surface area is 110 Å². The Hall–Kier alpha value is -0.650. The van der Waals surface area contributed by atoms with Crippen LogP contribution in [0.25, 0.3) is 0 Å². The van der Waals surface area contributed by atoms with Gasteiger partial charge >= 0.3 is 0 Å². The summed E-state index contributed by atoms with van der Waals surface area (Å²) in [6, 6.07) is 0.257. The van der Waals surface area contributed by atoms with Crippen LogP contribution in [0.5, 0.6) is 0 Å². The summed E-state index contributed by atoms with van der Waals surface area (Å²) in [5, 5.41) is 6.25. The van der Waals surface area contributed by atoms with Crippen molar-refractivity contribution in [3.05, 3.63) is 0 Å². The first-order chi connectivity index (χ1) is 8.50. The third-order valence-corrected chi connectivity index (χ3v) is 3.86. The number of rotatable bonds is 6. The zero-order chi connectivity index (χ0) is 13.6. The molecule has 0 aromatic carbocycles. The molecule has 0 bridgehead atoms. The molecule has 18 heavy (non-hydrogen) atoms. The molecule has 0 spiro atoms. The van der Waals surface area contributed by atoms with Gasteiger partial charge in [-0.25, -0.2) is 0 Å². The van der Waals surface area contributed by atoms with Gasteiger partial charge in [-0.1, -0.05) is 0 Å². The summed E-state index contributed by atoms with van der Waals surface area (Å²) in [6.45, 7) is 1.74. The number of likely N-dealkylation sites (N-methyl/N-ethyl adjacent to an activating group) is 1. The summed E-state index contributed by atoms with van der Waals surface area (Å²) in [5.74, 6) is 0.135. The average Bonchev–Trinajstić information content (AvgIpc) is 2.35. The van der Waals surface area contributed by atoms with Crippen LogP contribution in [0.4, 0.5) is 0 Å². The van der Waals surface area contributed by atoms with Gasteiger partial charge in [0.05, 0.1) is 5.54 Å². The lowest BCUT2D eigenvalue weighted by molar-refractivity contribution is -0.128. The second kappa shape index (κ2) is 7.07. The van der Waals surface area contributed by atoms with Gasteiger partial charge in [-0.3, -0.25) is 4.79 Å². The van der Waals surface area contributed by atoms with Gasteiger partial charge in [-0.2, -0.15) is 0 Å². The maximum atomic E-state index is 12.3. The highest BCUT2D eigenvalue weighted by atomic mass is 16.2. The molecule has 1 saturated carbocycles. The van der Waals surface area contributed by atoms with E-state index >= 15 is 0 Å².